The molecule has 13 rings (SSSR count). The van der Waals surface area contributed by atoms with Gasteiger partial charge in [-0.05, 0) is 161 Å². The number of benzene rings is 6. The van der Waals surface area contributed by atoms with Crippen molar-refractivity contribution in [2.24, 2.45) is 23.7 Å². The SMILES string of the molecule is c1ccc(-c2cccc(N(c3ccc4c(c3)-c3ccccc3C43C4CCC5CC(C4)CC3C5)c3ccc4c(c3)C3(CCCCC3)c3ccccc3-4)c2)cc1. The van der Waals surface area contributed by atoms with E-state index in [4.69, 9.17) is 0 Å². The number of anilines is 3. The zero-order valence-corrected chi connectivity index (χ0v) is 31.3. The van der Waals surface area contributed by atoms with Crippen LogP contribution in [-0.4, -0.2) is 0 Å². The second-order valence-electron chi connectivity index (χ2n) is 18.0. The highest BCUT2D eigenvalue weighted by atomic mass is 15.1. The largest absolute Gasteiger partial charge is 0.310 e. The van der Waals surface area contributed by atoms with E-state index in [1.54, 1.807) is 22.3 Å². The number of hydrogen-bond acceptors (Lipinski definition) is 1. The predicted molar refractivity (Wildman–Crippen MR) is 224 cm³/mol. The summed E-state index contributed by atoms with van der Waals surface area (Å²) in [7, 11) is 0. The molecule has 0 radical (unpaired) electrons. The molecule has 7 aliphatic rings. The van der Waals surface area contributed by atoms with Crippen molar-refractivity contribution in [3.63, 3.8) is 0 Å². The average Bonchev–Trinajstić information content (AvgIpc) is 3.55. The second-order valence-corrected chi connectivity index (χ2v) is 18.0. The molecule has 6 aromatic rings. The molecular formula is C53H49N. The van der Waals surface area contributed by atoms with Crippen molar-refractivity contribution in [1.82, 2.24) is 0 Å². The first-order chi connectivity index (χ1) is 26.7. The molecular weight excluding hydrogens is 651 g/mol. The van der Waals surface area contributed by atoms with Gasteiger partial charge in [-0.25, -0.2) is 0 Å². The molecule has 5 fully saturated rings. The monoisotopic (exact) mass is 699 g/mol. The minimum absolute atomic E-state index is 0.110. The highest BCUT2D eigenvalue weighted by Crippen LogP contribution is 2.68. The summed E-state index contributed by atoms with van der Waals surface area (Å²) in [5, 5.41) is 0. The van der Waals surface area contributed by atoms with E-state index in [1.165, 1.54) is 121 Å². The van der Waals surface area contributed by atoms with Crippen LogP contribution in [0.2, 0.25) is 0 Å². The van der Waals surface area contributed by atoms with Gasteiger partial charge >= 0.3 is 0 Å². The summed E-state index contributed by atoms with van der Waals surface area (Å²) in [6.45, 7) is 0. The van der Waals surface area contributed by atoms with Crippen molar-refractivity contribution in [2.45, 2.75) is 81.5 Å². The standard InChI is InChI=1S/C53H49N/c1-3-12-37(13-4-1)38-14-11-15-41(32-38)54(43-22-24-46-44-16-5-7-18-48(44)52(51(46)34-43)26-9-2-10-27-52)42-23-25-50-47(33-42)45-17-6-8-19-49(45)53(50)39-21-20-35-28-36(30-39)31-40(53)29-35/h1,3-8,11-19,22-25,32-36,39-40H,2,9-10,20-21,26-31H2. The quantitative estimate of drug-likeness (QED) is 0.177. The molecule has 4 bridgehead atoms. The lowest BCUT2D eigenvalue weighted by atomic mass is 9.51. The Kier molecular flexibility index (Phi) is 6.88. The molecule has 54 heavy (non-hydrogen) atoms. The fraction of sp³-hybridized carbons (Fsp3) is 0.321. The van der Waals surface area contributed by atoms with Gasteiger partial charge in [0.05, 0.1) is 0 Å². The Morgan fingerprint density at radius 1 is 0.407 bits per heavy atom. The maximum Gasteiger partial charge on any atom is 0.0468 e. The topological polar surface area (TPSA) is 3.24 Å². The molecule has 1 heteroatoms. The van der Waals surface area contributed by atoms with Crippen LogP contribution in [-0.2, 0) is 10.8 Å². The molecule has 6 aromatic carbocycles. The van der Waals surface area contributed by atoms with Crippen LogP contribution in [0, 0.1) is 23.7 Å². The van der Waals surface area contributed by atoms with Gasteiger partial charge in [-0.15, -0.1) is 0 Å². The average molecular weight is 700 g/mol. The highest BCUT2D eigenvalue weighted by Gasteiger charge is 2.59. The van der Waals surface area contributed by atoms with Crippen LogP contribution in [0.25, 0.3) is 33.4 Å². The van der Waals surface area contributed by atoms with Gasteiger partial charge in [0.25, 0.3) is 0 Å². The van der Waals surface area contributed by atoms with Gasteiger partial charge in [0, 0.05) is 27.9 Å². The van der Waals surface area contributed by atoms with Crippen LogP contribution in [0.3, 0.4) is 0 Å². The molecule has 5 unspecified atom stereocenters. The van der Waals surface area contributed by atoms with Crippen LogP contribution in [0.5, 0.6) is 0 Å². The first kappa shape index (κ1) is 31.5. The molecule has 7 aliphatic carbocycles. The molecule has 5 saturated carbocycles. The van der Waals surface area contributed by atoms with Gasteiger partial charge in [0.1, 0.15) is 0 Å². The Morgan fingerprint density at radius 2 is 1.06 bits per heavy atom. The molecule has 1 nitrogen and oxygen atoms in total. The van der Waals surface area contributed by atoms with E-state index in [1.807, 2.05) is 0 Å². The Hall–Kier alpha value is -4.88. The highest BCUT2D eigenvalue weighted by molar-refractivity contribution is 5.90. The van der Waals surface area contributed by atoms with E-state index < -0.39 is 0 Å². The summed E-state index contributed by atoms with van der Waals surface area (Å²) in [6, 6.07) is 54.3. The third-order valence-electron chi connectivity index (χ3n) is 15.5. The van der Waals surface area contributed by atoms with Crippen molar-refractivity contribution in [3.05, 3.63) is 162 Å². The normalized spacial score (nSPS) is 26.3. The predicted octanol–water partition coefficient (Wildman–Crippen LogP) is 14.2. The lowest BCUT2D eigenvalue weighted by Gasteiger charge is -2.53. The third kappa shape index (κ3) is 4.33. The minimum Gasteiger partial charge on any atom is -0.310 e. The summed E-state index contributed by atoms with van der Waals surface area (Å²) in [6.07, 6.45) is 15.0. The lowest BCUT2D eigenvalue weighted by molar-refractivity contribution is 0.0618. The van der Waals surface area contributed by atoms with Crippen LogP contribution in [0.4, 0.5) is 17.1 Å². The Morgan fingerprint density at radius 3 is 1.93 bits per heavy atom. The van der Waals surface area contributed by atoms with Crippen LogP contribution in [0.1, 0.15) is 92.9 Å². The van der Waals surface area contributed by atoms with Crippen molar-refractivity contribution in [3.8, 4) is 33.4 Å². The smallest absolute Gasteiger partial charge is 0.0468 e. The van der Waals surface area contributed by atoms with Crippen molar-refractivity contribution >= 4 is 17.1 Å². The van der Waals surface area contributed by atoms with E-state index in [0.29, 0.717) is 0 Å². The molecule has 0 N–H and O–H groups in total. The van der Waals surface area contributed by atoms with Gasteiger partial charge in [0.2, 0.25) is 0 Å². The molecule has 0 heterocycles. The first-order valence-corrected chi connectivity index (χ1v) is 21.2. The molecule has 5 atom stereocenters. The summed E-state index contributed by atoms with van der Waals surface area (Å²) in [5.74, 6) is 3.39. The van der Waals surface area contributed by atoms with E-state index in [0.717, 1.165) is 23.7 Å². The second kappa shape index (κ2) is 11.8. The molecule has 2 spiro atoms. The zero-order valence-electron chi connectivity index (χ0n) is 31.3. The zero-order chi connectivity index (χ0) is 35.4. The van der Waals surface area contributed by atoms with E-state index >= 15 is 0 Å². The summed E-state index contributed by atoms with van der Waals surface area (Å²) >= 11 is 0. The maximum absolute atomic E-state index is 2.60. The molecule has 0 amide bonds. The number of fused-ring (bicyclic) bond motifs is 9. The third-order valence-corrected chi connectivity index (χ3v) is 15.5. The number of hydrogen-bond donors (Lipinski definition) is 0. The van der Waals surface area contributed by atoms with Gasteiger partial charge in [-0.3, -0.25) is 0 Å². The van der Waals surface area contributed by atoms with Crippen molar-refractivity contribution in [2.75, 3.05) is 4.90 Å². The van der Waals surface area contributed by atoms with Gasteiger partial charge < -0.3 is 4.90 Å². The Labute approximate surface area is 321 Å². The number of rotatable bonds is 4. The summed E-state index contributed by atoms with van der Waals surface area (Å²) < 4.78 is 0. The summed E-state index contributed by atoms with van der Waals surface area (Å²) in [5.41, 5.74) is 18.8. The van der Waals surface area contributed by atoms with Gasteiger partial charge in [0.15, 0.2) is 0 Å². The minimum atomic E-state index is 0.110. The van der Waals surface area contributed by atoms with Gasteiger partial charge in [-0.2, -0.15) is 0 Å². The molecule has 0 aliphatic heterocycles. The fourth-order valence-corrected chi connectivity index (χ4v) is 13.6. The van der Waals surface area contributed by atoms with E-state index in [9.17, 15) is 0 Å². The Bertz CT molecular complexity index is 2420. The van der Waals surface area contributed by atoms with Crippen LogP contribution >= 0.6 is 0 Å². The maximum atomic E-state index is 2.60. The Balaban J connectivity index is 1.06. The van der Waals surface area contributed by atoms with Crippen LogP contribution < -0.4 is 4.90 Å². The number of nitrogens with zero attached hydrogens (tertiary/aromatic N) is 1. The first-order valence-electron chi connectivity index (χ1n) is 21.2. The molecule has 0 saturated heterocycles. The lowest BCUT2D eigenvalue weighted by Crippen LogP contribution is -2.48. The summed E-state index contributed by atoms with van der Waals surface area (Å²) in [4.78, 5) is 2.59. The van der Waals surface area contributed by atoms with Crippen molar-refractivity contribution in [1.29, 1.82) is 0 Å². The van der Waals surface area contributed by atoms with E-state index in [2.05, 4.69) is 144 Å². The molecule has 0 aromatic heterocycles. The van der Waals surface area contributed by atoms with Crippen LogP contribution in [0.15, 0.2) is 140 Å². The van der Waals surface area contributed by atoms with E-state index in [-0.39, 0.29) is 10.8 Å². The van der Waals surface area contributed by atoms with Crippen molar-refractivity contribution < 1.29 is 0 Å². The van der Waals surface area contributed by atoms with Gasteiger partial charge in [-0.1, -0.05) is 129 Å². The fourth-order valence-electron chi connectivity index (χ4n) is 13.6. The molecule has 266 valence electrons.